The lowest BCUT2D eigenvalue weighted by Crippen LogP contribution is -2.38. The summed E-state index contributed by atoms with van der Waals surface area (Å²) in [4.78, 5) is 0.161. The highest BCUT2D eigenvalue weighted by Gasteiger charge is 2.44. The topological polar surface area (TPSA) is 95.9 Å². The molecule has 33 heavy (non-hydrogen) atoms. The molecule has 0 aromatic heterocycles. The van der Waals surface area contributed by atoms with Crippen molar-refractivity contribution in [2.75, 3.05) is 19.4 Å². The molecule has 0 radical (unpaired) electrons. The van der Waals surface area contributed by atoms with E-state index in [2.05, 4.69) is 5.32 Å². The highest BCUT2D eigenvalue weighted by Crippen LogP contribution is 2.39. The van der Waals surface area contributed by atoms with Gasteiger partial charge in [0.2, 0.25) is 0 Å². The van der Waals surface area contributed by atoms with Gasteiger partial charge in [0.05, 0.1) is 29.3 Å². The molecule has 0 saturated heterocycles. The molecular formula is C22H27ClF3NO5S. The molecule has 1 unspecified atom stereocenters. The quantitative estimate of drug-likeness (QED) is 0.506. The van der Waals surface area contributed by atoms with Crippen molar-refractivity contribution in [2.45, 2.75) is 42.7 Å². The summed E-state index contributed by atoms with van der Waals surface area (Å²) in [5, 5.41) is 23.3. The van der Waals surface area contributed by atoms with Gasteiger partial charge in [0.1, 0.15) is 5.75 Å². The van der Waals surface area contributed by atoms with E-state index in [-0.39, 0.29) is 43.3 Å². The smallest absolute Gasteiger partial charge is 0.416 e. The van der Waals surface area contributed by atoms with Crippen molar-refractivity contribution in [3.05, 3.63) is 59.7 Å². The maximum Gasteiger partial charge on any atom is 0.416 e. The number of hydrogen-bond acceptors (Lipinski definition) is 6. The van der Waals surface area contributed by atoms with Gasteiger partial charge in [0.15, 0.2) is 9.84 Å². The maximum absolute atomic E-state index is 12.9. The SMILES string of the molecule is CS(=O)(=O)c1ccc(OCC2(CNCc3cccc(C(F)(F)F)c3)C[C@@H](O)[C@@H](O)C2)cc1.Cl. The first-order valence-electron chi connectivity index (χ1n) is 10.0. The van der Waals surface area contributed by atoms with Crippen LogP contribution in [0.25, 0.3) is 0 Å². The van der Waals surface area contributed by atoms with Gasteiger partial charge in [-0.1, -0.05) is 18.2 Å². The zero-order valence-corrected chi connectivity index (χ0v) is 19.5. The van der Waals surface area contributed by atoms with E-state index in [0.717, 1.165) is 18.4 Å². The molecule has 1 fully saturated rings. The maximum atomic E-state index is 12.9. The van der Waals surface area contributed by atoms with Gasteiger partial charge in [0.25, 0.3) is 0 Å². The van der Waals surface area contributed by atoms with E-state index < -0.39 is 39.2 Å². The van der Waals surface area contributed by atoms with Crippen LogP contribution in [0.2, 0.25) is 0 Å². The monoisotopic (exact) mass is 509 g/mol. The number of sulfone groups is 1. The number of rotatable bonds is 8. The lowest BCUT2D eigenvalue weighted by molar-refractivity contribution is -0.137. The predicted octanol–water partition coefficient (Wildman–Crippen LogP) is 3.20. The van der Waals surface area contributed by atoms with Gasteiger partial charge in [-0.25, -0.2) is 8.42 Å². The van der Waals surface area contributed by atoms with Gasteiger partial charge in [-0.2, -0.15) is 13.2 Å². The number of benzene rings is 2. The molecule has 11 heteroatoms. The van der Waals surface area contributed by atoms with E-state index >= 15 is 0 Å². The van der Waals surface area contributed by atoms with E-state index in [1.165, 1.54) is 30.3 Å². The second kappa shape index (κ2) is 10.6. The number of halogens is 4. The zero-order valence-electron chi connectivity index (χ0n) is 17.9. The standard InChI is InChI=1S/C22H26F3NO5S.ClH/c1-32(29,30)18-7-5-17(6-8-18)31-14-21(10-19(27)20(28)11-21)13-26-12-15-3-2-4-16(9-15)22(23,24)25;/h2-9,19-20,26-28H,10-14H2,1H3;1H/t19-,20+,21?;. The number of hydrogen-bond donors (Lipinski definition) is 3. The summed E-state index contributed by atoms with van der Waals surface area (Å²) < 4.78 is 67.7. The molecule has 3 N–H and O–H groups in total. The minimum absolute atomic E-state index is 0. The lowest BCUT2D eigenvalue weighted by Gasteiger charge is -2.29. The molecule has 184 valence electrons. The summed E-state index contributed by atoms with van der Waals surface area (Å²) in [6, 6.07) is 11.0. The van der Waals surface area contributed by atoms with Crippen molar-refractivity contribution in [2.24, 2.45) is 5.41 Å². The van der Waals surface area contributed by atoms with Crippen LogP contribution in [0.5, 0.6) is 5.75 Å². The molecule has 3 rings (SSSR count). The number of alkyl halides is 3. The third-order valence-electron chi connectivity index (χ3n) is 5.61. The number of ether oxygens (including phenoxy) is 1. The summed E-state index contributed by atoms with van der Waals surface area (Å²) >= 11 is 0. The summed E-state index contributed by atoms with van der Waals surface area (Å²) in [5.74, 6) is 0.436. The average molecular weight is 510 g/mol. The Balaban J connectivity index is 0.00000385. The normalized spacial score (nSPS) is 23.2. The Hall–Kier alpha value is -1.85. The van der Waals surface area contributed by atoms with Crippen LogP contribution < -0.4 is 10.1 Å². The first-order chi connectivity index (χ1) is 14.9. The third-order valence-corrected chi connectivity index (χ3v) is 6.74. The van der Waals surface area contributed by atoms with Crippen molar-refractivity contribution >= 4 is 22.2 Å². The van der Waals surface area contributed by atoms with Gasteiger partial charge >= 0.3 is 6.18 Å². The van der Waals surface area contributed by atoms with Crippen LogP contribution >= 0.6 is 12.4 Å². The van der Waals surface area contributed by atoms with Crippen molar-refractivity contribution in [3.63, 3.8) is 0 Å². The van der Waals surface area contributed by atoms with Crippen molar-refractivity contribution in [1.29, 1.82) is 0 Å². The van der Waals surface area contributed by atoms with E-state index in [9.17, 15) is 31.8 Å². The fraction of sp³-hybridized carbons (Fsp3) is 0.455. The van der Waals surface area contributed by atoms with Crippen LogP contribution in [0.1, 0.15) is 24.0 Å². The molecule has 0 spiro atoms. The van der Waals surface area contributed by atoms with Gasteiger partial charge in [-0.15, -0.1) is 12.4 Å². The predicted molar refractivity (Wildman–Crippen MR) is 119 cm³/mol. The highest BCUT2D eigenvalue weighted by molar-refractivity contribution is 7.90. The average Bonchev–Trinajstić information content (AvgIpc) is 2.99. The molecule has 1 aliphatic rings. The molecule has 0 amide bonds. The first kappa shape index (κ1) is 27.4. The Morgan fingerprint density at radius 1 is 1.09 bits per heavy atom. The Bertz CT molecular complexity index is 1020. The molecule has 6 nitrogen and oxygen atoms in total. The second-order valence-corrected chi connectivity index (χ2v) is 10.4. The van der Waals surface area contributed by atoms with Crippen molar-refractivity contribution in [3.8, 4) is 5.75 Å². The van der Waals surface area contributed by atoms with Crippen molar-refractivity contribution < 1.29 is 36.5 Å². The molecule has 0 aliphatic heterocycles. The minimum Gasteiger partial charge on any atom is -0.493 e. The number of aliphatic hydroxyl groups excluding tert-OH is 2. The van der Waals surface area contributed by atoms with E-state index in [0.29, 0.717) is 17.9 Å². The van der Waals surface area contributed by atoms with Gasteiger partial charge in [-0.3, -0.25) is 0 Å². The second-order valence-electron chi connectivity index (χ2n) is 8.38. The van der Waals surface area contributed by atoms with Gasteiger partial charge < -0.3 is 20.3 Å². The van der Waals surface area contributed by atoms with Crippen molar-refractivity contribution in [1.82, 2.24) is 5.32 Å². The van der Waals surface area contributed by atoms with Crippen LogP contribution in [0, 0.1) is 5.41 Å². The fourth-order valence-electron chi connectivity index (χ4n) is 3.91. The molecule has 2 aromatic rings. The summed E-state index contributed by atoms with van der Waals surface area (Å²) in [7, 11) is -3.33. The van der Waals surface area contributed by atoms with Gasteiger partial charge in [-0.05, 0) is 48.7 Å². The minimum atomic E-state index is -4.42. The number of nitrogens with one attached hydrogen (secondary N) is 1. The molecule has 1 saturated carbocycles. The molecule has 0 heterocycles. The van der Waals surface area contributed by atoms with Crippen LogP contribution in [0.15, 0.2) is 53.4 Å². The van der Waals surface area contributed by atoms with Crippen LogP contribution in [-0.4, -0.2) is 50.2 Å². The Labute approximate surface area is 197 Å². The van der Waals surface area contributed by atoms with Crippen LogP contribution in [-0.2, 0) is 22.6 Å². The lowest BCUT2D eigenvalue weighted by atomic mass is 9.86. The summed E-state index contributed by atoms with van der Waals surface area (Å²) in [5.41, 5.74) is -0.902. The molecule has 0 bridgehead atoms. The number of aliphatic hydroxyl groups is 2. The molecule has 2 aromatic carbocycles. The summed E-state index contributed by atoms with van der Waals surface area (Å²) in [6.45, 7) is 0.620. The molecule has 3 atom stereocenters. The fourth-order valence-corrected chi connectivity index (χ4v) is 4.54. The Morgan fingerprint density at radius 2 is 1.70 bits per heavy atom. The Kier molecular flexibility index (Phi) is 8.80. The first-order valence-corrected chi connectivity index (χ1v) is 11.9. The largest absolute Gasteiger partial charge is 0.493 e. The van der Waals surface area contributed by atoms with E-state index in [1.807, 2.05) is 0 Å². The van der Waals surface area contributed by atoms with Crippen LogP contribution in [0.4, 0.5) is 13.2 Å². The molecular weight excluding hydrogens is 483 g/mol. The third kappa shape index (κ3) is 7.31. The zero-order chi connectivity index (χ0) is 23.6. The molecule has 1 aliphatic carbocycles. The van der Waals surface area contributed by atoms with Gasteiger partial charge in [0, 0.05) is 24.8 Å². The van der Waals surface area contributed by atoms with Crippen LogP contribution in [0.3, 0.4) is 0 Å². The Morgan fingerprint density at radius 3 is 2.24 bits per heavy atom. The highest BCUT2D eigenvalue weighted by atomic mass is 35.5. The summed E-state index contributed by atoms with van der Waals surface area (Å²) in [6.07, 6.45) is -4.66. The van der Waals surface area contributed by atoms with E-state index in [1.54, 1.807) is 6.07 Å². The van der Waals surface area contributed by atoms with E-state index in [4.69, 9.17) is 4.74 Å².